The van der Waals surface area contributed by atoms with Crippen LogP contribution in [0.15, 0.2) is 36.7 Å². The topological polar surface area (TPSA) is 42.7 Å². The van der Waals surface area contributed by atoms with Gasteiger partial charge in [0.25, 0.3) is 0 Å². The summed E-state index contributed by atoms with van der Waals surface area (Å²) in [6.45, 7) is 3.20. The second kappa shape index (κ2) is 7.04. The fraction of sp³-hybridized carbons (Fsp3) is 0.467. The minimum Gasteiger partial charge on any atom is -0.309 e. The zero-order valence-corrected chi connectivity index (χ0v) is 11.7. The number of nitrogens with zero attached hydrogens (tertiary/aromatic N) is 3. The highest BCUT2D eigenvalue weighted by Gasteiger charge is 2.13. The summed E-state index contributed by atoms with van der Waals surface area (Å²) in [6.07, 6.45) is 6.97. The summed E-state index contributed by atoms with van der Waals surface area (Å²) in [5.41, 5.74) is 2.26. The summed E-state index contributed by atoms with van der Waals surface area (Å²) in [6, 6.07) is 8.47. The molecule has 102 valence electrons. The Balaban J connectivity index is 1.98. The fourth-order valence-corrected chi connectivity index (χ4v) is 2.13. The molecule has 0 saturated heterocycles. The molecule has 0 aliphatic heterocycles. The van der Waals surface area contributed by atoms with E-state index in [-0.39, 0.29) is 0 Å². The Morgan fingerprint density at radius 2 is 2.21 bits per heavy atom. The summed E-state index contributed by atoms with van der Waals surface area (Å²) in [5, 5.41) is 8.08. The molecule has 4 heteroatoms. The van der Waals surface area contributed by atoms with E-state index in [1.165, 1.54) is 0 Å². The van der Waals surface area contributed by atoms with Crippen molar-refractivity contribution in [2.75, 3.05) is 6.54 Å². The van der Waals surface area contributed by atoms with E-state index in [0.717, 1.165) is 37.2 Å². The molecule has 0 amide bonds. The van der Waals surface area contributed by atoms with Gasteiger partial charge < -0.3 is 5.32 Å². The van der Waals surface area contributed by atoms with Crippen molar-refractivity contribution < 1.29 is 0 Å². The first-order valence-corrected chi connectivity index (χ1v) is 6.92. The molecule has 0 radical (unpaired) electrons. The predicted octanol–water partition coefficient (Wildman–Crippen LogP) is 2.49. The maximum Gasteiger partial charge on any atom is 0.0793 e. The van der Waals surface area contributed by atoms with Gasteiger partial charge in [-0.15, -0.1) is 0 Å². The van der Waals surface area contributed by atoms with Gasteiger partial charge in [-0.3, -0.25) is 9.67 Å². The van der Waals surface area contributed by atoms with E-state index < -0.39 is 0 Å². The molecule has 2 heterocycles. The molecular formula is C15H22N4. The molecule has 0 spiro atoms. The monoisotopic (exact) mass is 258 g/mol. The zero-order chi connectivity index (χ0) is 13.5. The maximum absolute atomic E-state index is 4.51. The summed E-state index contributed by atoms with van der Waals surface area (Å²) in [7, 11) is 1.96. The van der Waals surface area contributed by atoms with E-state index >= 15 is 0 Å². The third-order valence-corrected chi connectivity index (χ3v) is 3.15. The lowest BCUT2D eigenvalue weighted by Crippen LogP contribution is -2.23. The van der Waals surface area contributed by atoms with E-state index in [1.807, 2.05) is 36.3 Å². The lowest BCUT2D eigenvalue weighted by molar-refractivity contribution is 0.481. The van der Waals surface area contributed by atoms with Crippen molar-refractivity contribution in [1.82, 2.24) is 20.1 Å². The van der Waals surface area contributed by atoms with Gasteiger partial charge in [-0.05, 0) is 44.0 Å². The van der Waals surface area contributed by atoms with Crippen LogP contribution in [0.3, 0.4) is 0 Å². The second-order valence-electron chi connectivity index (χ2n) is 4.78. The highest BCUT2D eigenvalue weighted by Crippen LogP contribution is 2.16. The minimum atomic E-state index is 0.308. The smallest absolute Gasteiger partial charge is 0.0793 e. The van der Waals surface area contributed by atoms with Crippen LogP contribution in [-0.2, 0) is 13.5 Å². The molecule has 0 saturated carbocycles. The fourth-order valence-electron chi connectivity index (χ4n) is 2.13. The van der Waals surface area contributed by atoms with Crippen LogP contribution in [0.5, 0.6) is 0 Å². The standard InChI is InChI=1S/C15H22N4/c1-3-10-17-14(15-9-12-19(2)18-15)8-7-13-6-4-5-11-16-13/h4-6,9,11-12,14,17H,3,7-8,10H2,1-2H3. The summed E-state index contributed by atoms with van der Waals surface area (Å²) in [5.74, 6) is 0. The first-order valence-electron chi connectivity index (χ1n) is 6.92. The van der Waals surface area contributed by atoms with Crippen LogP contribution in [0, 0.1) is 0 Å². The van der Waals surface area contributed by atoms with Crippen molar-refractivity contribution in [2.24, 2.45) is 7.05 Å². The van der Waals surface area contributed by atoms with E-state index in [9.17, 15) is 0 Å². The van der Waals surface area contributed by atoms with Crippen LogP contribution >= 0.6 is 0 Å². The van der Waals surface area contributed by atoms with E-state index in [4.69, 9.17) is 0 Å². The highest BCUT2D eigenvalue weighted by molar-refractivity contribution is 5.08. The molecular weight excluding hydrogens is 236 g/mol. The van der Waals surface area contributed by atoms with Gasteiger partial charge in [-0.1, -0.05) is 13.0 Å². The molecule has 0 aliphatic carbocycles. The Bertz CT molecular complexity index is 478. The largest absolute Gasteiger partial charge is 0.309 e. The first-order chi connectivity index (χ1) is 9.29. The molecule has 2 aromatic heterocycles. The van der Waals surface area contributed by atoms with Crippen LogP contribution < -0.4 is 5.32 Å². The number of aryl methyl sites for hydroxylation is 2. The Morgan fingerprint density at radius 3 is 2.84 bits per heavy atom. The van der Waals surface area contributed by atoms with Gasteiger partial charge >= 0.3 is 0 Å². The molecule has 2 rings (SSSR count). The predicted molar refractivity (Wildman–Crippen MR) is 76.8 cm³/mol. The average molecular weight is 258 g/mol. The SMILES string of the molecule is CCCNC(CCc1ccccn1)c1ccn(C)n1. The van der Waals surface area contributed by atoms with Crippen LogP contribution in [0.4, 0.5) is 0 Å². The summed E-state index contributed by atoms with van der Waals surface area (Å²) in [4.78, 5) is 4.38. The Kier molecular flexibility index (Phi) is 5.10. The van der Waals surface area contributed by atoms with Crippen molar-refractivity contribution in [3.05, 3.63) is 48.0 Å². The molecule has 4 nitrogen and oxygen atoms in total. The maximum atomic E-state index is 4.51. The second-order valence-corrected chi connectivity index (χ2v) is 4.78. The van der Waals surface area contributed by atoms with Crippen LogP contribution in [-0.4, -0.2) is 21.3 Å². The highest BCUT2D eigenvalue weighted by atomic mass is 15.3. The molecule has 19 heavy (non-hydrogen) atoms. The number of pyridine rings is 1. The van der Waals surface area contributed by atoms with E-state index in [2.05, 4.69) is 34.5 Å². The lowest BCUT2D eigenvalue weighted by atomic mass is 10.1. The van der Waals surface area contributed by atoms with Gasteiger partial charge in [-0.2, -0.15) is 5.10 Å². The first kappa shape index (κ1) is 13.7. The third kappa shape index (κ3) is 4.17. The Labute approximate surface area is 114 Å². The van der Waals surface area contributed by atoms with Gasteiger partial charge in [0, 0.05) is 25.1 Å². The number of hydrogen-bond acceptors (Lipinski definition) is 3. The lowest BCUT2D eigenvalue weighted by Gasteiger charge is -2.16. The Morgan fingerprint density at radius 1 is 1.32 bits per heavy atom. The molecule has 0 aliphatic rings. The normalized spacial score (nSPS) is 12.5. The zero-order valence-electron chi connectivity index (χ0n) is 11.7. The number of aromatic nitrogens is 3. The molecule has 0 aromatic carbocycles. The quantitative estimate of drug-likeness (QED) is 0.829. The van der Waals surface area contributed by atoms with E-state index in [0.29, 0.717) is 6.04 Å². The van der Waals surface area contributed by atoms with Gasteiger partial charge in [0.15, 0.2) is 0 Å². The van der Waals surface area contributed by atoms with Crippen LogP contribution in [0.25, 0.3) is 0 Å². The number of hydrogen-bond donors (Lipinski definition) is 1. The average Bonchev–Trinajstić information content (AvgIpc) is 2.86. The third-order valence-electron chi connectivity index (χ3n) is 3.15. The minimum absolute atomic E-state index is 0.308. The molecule has 0 bridgehead atoms. The summed E-state index contributed by atoms with van der Waals surface area (Å²) < 4.78 is 1.86. The van der Waals surface area contributed by atoms with Crippen molar-refractivity contribution in [3.8, 4) is 0 Å². The van der Waals surface area contributed by atoms with Crippen molar-refractivity contribution >= 4 is 0 Å². The molecule has 1 atom stereocenters. The van der Waals surface area contributed by atoms with Crippen LogP contribution in [0.1, 0.15) is 37.2 Å². The molecule has 0 fully saturated rings. The van der Waals surface area contributed by atoms with E-state index in [1.54, 1.807) is 0 Å². The van der Waals surface area contributed by atoms with Crippen LogP contribution in [0.2, 0.25) is 0 Å². The van der Waals surface area contributed by atoms with Gasteiger partial charge in [-0.25, -0.2) is 0 Å². The summed E-state index contributed by atoms with van der Waals surface area (Å²) >= 11 is 0. The van der Waals surface area contributed by atoms with Gasteiger partial charge in [0.05, 0.1) is 11.7 Å². The van der Waals surface area contributed by atoms with Gasteiger partial charge in [0.1, 0.15) is 0 Å². The molecule has 2 aromatic rings. The molecule has 1 unspecified atom stereocenters. The van der Waals surface area contributed by atoms with Crippen molar-refractivity contribution in [2.45, 2.75) is 32.2 Å². The molecule has 1 N–H and O–H groups in total. The van der Waals surface area contributed by atoms with Gasteiger partial charge in [0.2, 0.25) is 0 Å². The number of nitrogens with one attached hydrogen (secondary N) is 1. The van der Waals surface area contributed by atoms with Crippen molar-refractivity contribution in [3.63, 3.8) is 0 Å². The van der Waals surface area contributed by atoms with Crippen molar-refractivity contribution in [1.29, 1.82) is 0 Å². The Hall–Kier alpha value is -1.68. The number of rotatable bonds is 7.